The van der Waals surface area contributed by atoms with Crippen LogP contribution in [-0.4, -0.2) is 44.9 Å². The van der Waals surface area contributed by atoms with Gasteiger partial charge in [-0.25, -0.2) is 15.0 Å². The summed E-state index contributed by atoms with van der Waals surface area (Å²) in [4.78, 5) is 28.1. The van der Waals surface area contributed by atoms with Crippen LogP contribution in [0.1, 0.15) is 41.3 Å². The minimum Gasteiger partial charge on any atom is -0.368 e. The molecule has 4 rings (SSSR count). The summed E-state index contributed by atoms with van der Waals surface area (Å²) in [6, 6.07) is 9.51. The van der Waals surface area contributed by atoms with Gasteiger partial charge in [-0.2, -0.15) is 13.2 Å². The molecule has 0 spiro atoms. The summed E-state index contributed by atoms with van der Waals surface area (Å²) in [5.74, 6) is 0.929. The molecule has 1 saturated heterocycles. The van der Waals surface area contributed by atoms with Crippen molar-refractivity contribution in [3.63, 3.8) is 0 Å². The number of hydrogen-bond acceptors (Lipinski definition) is 5. The van der Waals surface area contributed by atoms with E-state index in [9.17, 15) is 18.0 Å². The van der Waals surface area contributed by atoms with Gasteiger partial charge in [-0.15, -0.1) is 0 Å². The molecule has 0 aliphatic carbocycles. The molecule has 1 aliphatic rings. The minimum atomic E-state index is -4.43. The van der Waals surface area contributed by atoms with E-state index in [1.807, 2.05) is 30.0 Å². The van der Waals surface area contributed by atoms with Gasteiger partial charge in [0.1, 0.15) is 5.82 Å². The molecule has 0 bridgehead atoms. The van der Waals surface area contributed by atoms with Crippen LogP contribution in [0.2, 0.25) is 0 Å². The van der Waals surface area contributed by atoms with Crippen molar-refractivity contribution in [3.8, 4) is 11.4 Å². The second-order valence-corrected chi connectivity index (χ2v) is 8.62. The number of piperidine rings is 1. The Morgan fingerprint density at radius 1 is 1.15 bits per heavy atom. The van der Waals surface area contributed by atoms with Gasteiger partial charge < -0.3 is 10.2 Å². The van der Waals surface area contributed by atoms with E-state index < -0.39 is 11.7 Å². The van der Waals surface area contributed by atoms with Crippen LogP contribution in [0.25, 0.3) is 11.4 Å². The van der Waals surface area contributed by atoms with Crippen LogP contribution in [0.15, 0.2) is 55.0 Å². The highest BCUT2D eigenvalue weighted by atomic mass is 19.4. The zero-order chi connectivity index (χ0) is 24.3. The summed E-state index contributed by atoms with van der Waals surface area (Å²) in [6.45, 7) is 5.02. The van der Waals surface area contributed by atoms with E-state index in [0.29, 0.717) is 35.9 Å². The monoisotopic (exact) mass is 469 g/mol. The number of halogens is 3. The zero-order valence-corrected chi connectivity index (χ0v) is 19.0. The van der Waals surface area contributed by atoms with Crippen molar-refractivity contribution in [2.75, 3.05) is 18.4 Å². The molecule has 1 fully saturated rings. The fourth-order valence-electron chi connectivity index (χ4n) is 4.31. The van der Waals surface area contributed by atoms with E-state index in [-0.39, 0.29) is 17.9 Å². The Morgan fingerprint density at radius 2 is 1.91 bits per heavy atom. The van der Waals surface area contributed by atoms with Crippen molar-refractivity contribution in [1.82, 2.24) is 19.9 Å². The predicted molar refractivity (Wildman–Crippen MR) is 123 cm³/mol. The molecule has 9 heteroatoms. The number of aryl methyl sites for hydroxylation is 1. The smallest absolute Gasteiger partial charge is 0.368 e. The molecule has 0 radical (unpaired) electrons. The number of anilines is 1. The molecule has 3 aromatic rings. The number of alkyl halides is 3. The Labute approximate surface area is 196 Å². The number of amides is 1. The van der Waals surface area contributed by atoms with Crippen molar-refractivity contribution in [2.45, 2.75) is 38.9 Å². The van der Waals surface area contributed by atoms with E-state index >= 15 is 0 Å². The Balaban J connectivity index is 1.56. The summed E-state index contributed by atoms with van der Waals surface area (Å²) < 4.78 is 38.4. The van der Waals surface area contributed by atoms with Gasteiger partial charge in [0, 0.05) is 37.2 Å². The van der Waals surface area contributed by atoms with Crippen LogP contribution in [-0.2, 0) is 6.18 Å². The van der Waals surface area contributed by atoms with Crippen LogP contribution in [0.5, 0.6) is 0 Å². The quantitative estimate of drug-likeness (QED) is 0.555. The van der Waals surface area contributed by atoms with Gasteiger partial charge in [0.2, 0.25) is 0 Å². The number of nitrogens with one attached hydrogen (secondary N) is 1. The average molecular weight is 470 g/mol. The van der Waals surface area contributed by atoms with Gasteiger partial charge in [0.05, 0.1) is 17.2 Å². The van der Waals surface area contributed by atoms with Gasteiger partial charge in [-0.05, 0) is 56.0 Å². The second-order valence-electron chi connectivity index (χ2n) is 8.62. The lowest BCUT2D eigenvalue weighted by atomic mass is 9.89. The number of pyridine rings is 1. The molecule has 34 heavy (non-hydrogen) atoms. The molecular formula is C25H26F3N5O. The summed E-state index contributed by atoms with van der Waals surface area (Å²) in [6.07, 6.45) is 1.51. The van der Waals surface area contributed by atoms with Crippen LogP contribution in [0, 0.1) is 12.8 Å². The molecular weight excluding hydrogens is 443 g/mol. The molecule has 3 heterocycles. The number of rotatable bonds is 5. The van der Waals surface area contributed by atoms with Crippen LogP contribution >= 0.6 is 0 Å². The largest absolute Gasteiger partial charge is 0.417 e. The second kappa shape index (κ2) is 9.79. The molecule has 0 saturated carbocycles. The molecule has 1 N–H and O–H groups in total. The van der Waals surface area contributed by atoms with Gasteiger partial charge in [-0.3, -0.25) is 4.79 Å². The van der Waals surface area contributed by atoms with Crippen LogP contribution in [0.3, 0.4) is 0 Å². The SMILES string of the molecule is Cc1ccc(C(=O)N2CCCC(C)C2CNc2ccc(C(F)(F)F)cn2)c(-c2ncccn2)c1. The first-order valence-electron chi connectivity index (χ1n) is 11.2. The zero-order valence-electron chi connectivity index (χ0n) is 19.0. The predicted octanol–water partition coefficient (Wildman–Crippen LogP) is 5.22. The van der Waals surface area contributed by atoms with E-state index in [2.05, 4.69) is 27.2 Å². The maximum atomic E-state index is 13.7. The fourth-order valence-corrected chi connectivity index (χ4v) is 4.31. The third-order valence-corrected chi connectivity index (χ3v) is 6.17. The summed E-state index contributed by atoms with van der Waals surface area (Å²) >= 11 is 0. The maximum absolute atomic E-state index is 13.7. The topological polar surface area (TPSA) is 71.0 Å². The third-order valence-electron chi connectivity index (χ3n) is 6.17. The fraction of sp³-hybridized carbons (Fsp3) is 0.360. The lowest BCUT2D eigenvalue weighted by Crippen LogP contribution is -2.51. The third kappa shape index (κ3) is 5.18. The van der Waals surface area contributed by atoms with Crippen LogP contribution in [0.4, 0.5) is 19.0 Å². The van der Waals surface area contributed by atoms with E-state index in [0.717, 1.165) is 30.7 Å². The number of carbonyl (C=O) groups is 1. The number of likely N-dealkylation sites (tertiary alicyclic amines) is 1. The first-order valence-corrected chi connectivity index (χ1v) is 11.2. The lowest BCUT2D eigenvalue weighted by molar-refractivity contribution is -0.137. The van der Waals surface area contributed by atoms with Crippen molar-refractivity contribution in [3.05, 3.63) is 71.7 Å². The van der Waals surface area contributed by atoms with Crippen molar-refractivity contribution in [1.29, 1.82) is 0 Å². The van der Waals surface area contributed by atoms with Crippen molar-refractivity contribution < 1.29 is 18.0 Å². The molecule has 178 valence electrons. The first-order chi connectivity index (χ1) is 16.2. The molecule has 1 aliphatic heterocycles. The molecule has 6 nitrogen and oxygen atoms in total. The number of benzene rings is 1. The van der Waals surface area contributed by atoms with Gasteiger partial charge >= 0.3 is 6.18 Å². The normalized spacial score (nSPS) is 18.6. The Hall–Kier alpha value is -3.49. The molecule has 1 amide bonds. The highest BCUT2D eigenvalue weighted by Crippen LogP contribution is 2.30. The first kappa shape index (κ1) is 23.7. The maximum Gasteiger partial charge on any atom is 0.417 e. The average Bonchev–Trinajstić information content (AvgIpc) is 2.83. The van der Waals surface area contributed by atoms with Crippen LogP contribution < -0.4 is 5.32 Å². The molecule has 1 aromatic carbocycles. The van der Waals surface area contributed by atoms with E-state index in [1.165, 1.54) is 6.07 Å². The summed E-state index contributed by atoms with van der Waals surface area (Å²) in [5.41, 5.74) is 1.41. The van der Waals surface area contributed by atoms with Crippen molar-refractivity contribution >= 4 is 11.7 Å². The summed E-state index contributed by atoms with van der Waals surface area (Å²) in [5, 5.41) is 3.12. The van der Waals surface area contributed by atoms with Gasteiger partial charge in [0.15, 0.2) is 5.82 Å². The molecule has 2 aromatic heterocycles. The summed E-state index contributed by atoms with van der Waals surface area (Å²) in [7, 11) is 0. The number of carbonyl (C=O) groups excluding carboxylic acids is 1. The van der Waals surface area contributed by atoms with Crippen molar-refractivity contribution in [2.24, 2.45) is 5.92 Å². The Bertz CT molecular complexity index is 1140. The van der Waals surface area contributed by atoms with Gasteiger partial charge in [0.25, 0.3) is 5.91 Å². The Kier molecular flexibility index (Phi) is 6.81. The van der Waals surface area contributed by atoms with E-state index in [4.69, 9.17) is 0 Å². The molecule has 2 unspecified atom stereocenters. The van der Waals surface area contributed by atoms with E-state index in [1.54, 1.807) is 18.5 Å². The van der Waals surface area contributed by atoms with Gasteiger partial charge in [-0.1, -0.05) is 18.6 Å². The number of nitrogens with zero attached hydrogens (tertiary/aromatic N) is 4. The lowest BCUT2D eigenvalue weighted by Gasteiger charge is -2.40. The number of hydrogen-bond donors (Lipinski definition) is 1. The molecule has 2 atom stereocenters. The highest BCUT2D eigenvalue weighted by Gasteiger charge is 2.34. The highest BCUT2D eigenvalue weighted by molar-refractivity contribution is 6.00. The number of aromatic nitrogens is 3. The standard InChI is InChI=1S/C25H26F3N5O/c1-16-6-8-19(20(13-16)23-29-10-4-11-30-23)24(34)33-12-3-5-17(2)21(33)15-32-22-9-7-18(14-31-22)25(26,27)28/h4,6-11,13-14,17,21H,3,5,12,15H2,1-2H3,(H,31,32). The minimum absolute atomic E-state index is 0.110. The Morgan fingerprint density at radius 3 is 2.59 bits per heavy atom.